The fourth-order valence-electron chi connectivity index (χ4n) is 3.53. The minimum absolute atomic E-state index is 0.126. The lowest BCUT2D eigenvalue weighted by Gasteiger charge is -2.36. The van der Waals surface area contributed by atoms with Crippen molar-refractivity contribution in [2.75, 3.05) is 37.6 Å². The number of anilines is 1. The molecule has 7 heteroatoms. The fourth-order valence-corrected chi connectivity index (χ4v) is 3.53. The Labute approximate surface area is 157 Å². The van der Waals surface area contributed by atoms with Gasteiger partial charge in [0.15, 0.2) is 0 Å². The van der Waals surface area contributed by atoms with E-state index in [1.54, 1.807) is 6.20 Å². The van der Waals surface area contributed by atoms with Crippen molar-refractivity contribution in [3.8, 4) is 11.1 Å². The maximum atomic E-state index is 8.80. The summed E-state index contributed by atoms with van der Waals surface area (Å²) < 4.78 is 0. The van der Waals surface area contributed by atoms with Crippen LogP contribution < -0.4 is 10.4 Å². The summed E-state index contributed by atoms with van der Waals surface area (Å²) in [6.07, 6.45) is 5.50. The van der Waals surface area contributed by atoms with Crippen LogP contribution >= 0.6 is 0 Å². The summed E-state index contributed by atoms with van der Waals surface area (Å²) in [5.41, 5.74) is 6.27. The number of amidine groups is 1. The van der Waals surface area contributed by atoms with Crippen molar-refractivity contribution >= 4 is 22.4 Å². The van der Waals surface area contributed by atoms with Crippen LogP contribution in [0.25, 0.3) is 22.0 Å². The number of piperazine rings is 1. The van der Waals surface area contributed by atoms with E-state index in [9.17, 15) is 0 Å². The summed E-state index contributed by atoms with van der Waals surface area (Å²) in [6.45, 7) is 3.89. The first-order chi connectivity index (χ1) is 13.2. The van der Waals surface area contributed by atoms with Crippen molar-refractivity contribution in [3.63, 3.8) is 0 Å². The van der Waals surface area contributed by atoms with E-state index < -0.39 is 0 Å². The second kappa shape index (κ2) is 7.69. The average molecular weight is 362 g/mol. The van der Waals surface area contributed by atoms with Gasteiger partial charge in [0.1, 0.15) is 5.84 Å². The highest BCUT2D eigenvalue weighted by molar-refractivity contribution is 5.94. The van der Waals surface area contributed by atoms with Gasteiger partial charge in [-0.2, -0.15) is 0 Å². The number of pyridine rings is 2. The Hall–Kier alpha value is -3.03. The van der Waals surface area contributed by atoms with Crippen LogP contribution in [0.1, 0.15) is 0 Å². The van der Waals surface area contributed by atoms with E-state index in [0.717, 1.165) is 48.2 Å². The molecule has 2 aromatic heterocycles. The van der Waals surface area contributed by atoms with Crippen LogP contribution in [0.4, 0.5) is 5.69 Å². The normalized spacial score (nSPS) is 15.1. The topological polar surface area (TPSA) is 88.4 Å². The van der Waals surface area contributed by atoms with Gasteiger partial charge in [0, 0.05) is 61.4 Å². The Kier molecular flexibility index (Phi) is 4.95. The second-order valence-corrected chi connectivity index (χ2v) is 6.66. The molecular formula is C20H22N6O. The van der Waals surface area contributed by atoms with Crippen LogP contribution in [0.2, 0.25) is 0 Å². The van der Waals surface area contributed by atoms with Gasteiger partial charge in [-0.3, -0.25) is 31.0 Å². The van der Waals surface area contributed by atoms with Gasteiger partial charge in [0.25, 0.3) is 0 Å². The smallest absolute Gasteiger partial charge is 0.132 e. The molecule has 0 saturated carbocycles. The van der Waals surface area contributed by atoms with Crippen molar-refractivity contribution in [2.45, 2.75) is 0 Å². The Bertz CT molecular complexity index is 938. The Morgan fingerprint density at radius 2 is 1.93 bits per heavy atom. The summed E-state index contributed by atoms with van der Waals surface area (Å²) in [6, 6.07) is 12.4. The first-order valence-corrected chi connectivity index (χ1v) is 8.98. The van der Waals surface area contributed by atoms with E-state index in [-0.39, 0.29) is 5.84 Å². The van der Waals surface area contributed by atoms with Crippen LogP contribution in [0.15, 0.2) is 55.0 Å². The highest BCUT2D eigenvalue weighted by Crippen LogP contribution is 2.29. The predicted molar refractivity (Wildman–Crippen MR) is 106 cm³/mol. The molecule has 3 N–H and O–H groups in total. The number of benzene rings is 1. The molecule has 0 aliphatic carbocycles. The molecular weight excluding hydrogens is 340 g/mol. The van der Waals surface area contributed by atoms with Crippen LogP contribution in [-0.2, 0) is 0 Å². The monoisotopic (exact) mass is 362 g/mol. The highest BCUT2D eigenvalue weighted by atomic mass is 16.5. The minimum Gasteiger partial charge on any atom is -0.368 e. The zero-order valence-corrected chi connectivity index (χ0v) is 15.0. The van der Waals surface area contributed by atoms with Crippen molar-refractivity contribution in [2.24, 2.45) is 0 Å². The van der Waals surface area contributed by atoms with E-state index in [2.05, 4.69) is 50.1 Å². The molecule has 0 bridgehead atoms. The van der Waals surface area contributed by atoms with Crippen LogP contribution in [-0.4, -0.2) is 58.6 Å². The lowest BCUT2D eigenvalue weighted by molar-refractivity contribution is 0.218. The first kappa shape index (κ1) is 17.4. The third-order valence-corrected chi connectivity index (χ3v) is 4.94. The molecule has 1 aliphatic rings. The van der Waals surface area contributed by atoms with Gasteiger partial charge < -0.3 is 4.90 Å². The molecule has 1 aromatic carbocycles. The maximum absolute atomic E-state index is 8.80. The van der Waals surface area contributed by atoms with Gasteiger partial charge in [0.2, 0.25) is 0 Å². The molecule has 1 saturated heterocycles. The molecule has 0 amide bonds. The van der Waals surface area contributed by atoms with E-state index in [0.29, 0.717) is 6.54 Å². The summed E-state index contributed by atoms with van der Waals surface area (Å²) in [5, 5.41) is 17.5. The second-order valence-electron chi connectivity index (χ2n) is 6.66. The van der Waals surface area contributed by atoms with E-state index in [4.69, 9.17) is 10.6 Å². The summed E-state index contributed by atoms with van der Waals surface area (Å²) >= 11 is 0. The van der Waals surface area contributed by atoms with Gasteiger partial charge in [0.05, 0.1) is 12.1 Å². The quantitative estimate of drug-likeness (QED) is 0.375. The van der Waals surface area contributed by atoms with Crippen molar-refractivity contribution in [1.29, 1.82) is 5.41 Å². The van der Waals surface area contributed by atoms with Crippen molar-refractivity contribution in [3.05, 3.63) is 55.0 Å². The molecule has 0 unspecified atom stereocenters. The van der Waals surface area contributed by atoms with Crippen LogP contribution in [0.5, 0.6) is 0 Å². The Balaban J connectivity index is 1.56. The Morgan fingerprint density at radius 3 is 2.67 bits per heavy atom. The zero-order valence-electron chi connectivity index (χ0n) is 15.0. The number of hydrogen-bond donors (Lipinski definition) is 3. The fraction of sp³-hybridized carbons (Fsp3) is 0.250. The number of aromatic nitrogens is 2. The summed E-state index contributed by atoms with van der Waals surface area (Å²) in [7, 11) is 0. The Morgan fingerprint density at radius 1 is 1.07 bits per heavy atom. The number of rotatable bonds is 4. The molecule has 27 heavy (non-hydrogen) atoms. The largest absolute Gasteiger partial charge is 0.368 e. The van der Waals surface area contributed by atoms with E-state index in [1.165, 1.54) is 5.69 Å². The van der Waals surface area contributed by atoms with E-state index >= 15 is 0 Å². The molecule has 0 atom stereocenters. The first-order valence-electron chi connectivity index (χ1n) is 8.98. The molecule has 3 heterocycles. The van der Waals surface area contributed by atoms with Gasteiger partial charge in [-0.25, -0.2) is 0 Å². The van der Waals surface area contributed by atoms with Crippen LogP contribution in [0, 0.1) is 5.41 Å². The van der Waals surface area contributed by atoms with E-state index in [1.807, 2.05) is 23.9 Å². The number of hydrogen-bond acceptors (Lipinski definition) is 6. The molecule has 1 fully saturated rings. The average Bonchev–Trinajstić information content (AvgIpc) is 2.74. The molecule has 0 spiro atoms. The zero-order chi connectivity index (χ0) is 18.6. The number of fused-ring (bicyclic) bond motifs is 1. The van der Waals surface area contributed by atoms with Gasteiger partial charge >= 0.3 is 0 Å². The third-order valence-electron chi connectivity index (χ3n) is 4.94. The maximum Gasteiger partial charge on any atom is 0.132 e. The number of hydroxylamine groups is 1. The van der Waals surface area contributed by atoms with Crippen molar-refractivity contribution < 1.29 is 5.21 Å². The predicted octanol–water partition coefficient (Wildman–Crippen LogP) is 2.37. The minimum atomic E-state index is 0.126. The SMILES string of the molecule is N=C(CN1CCN(c2ccnc3cc(-c4cccnc4)ccc23)CC1)NO. The number of nitrogens with zero attached hydrogens (tertiary/aromatic N) is 4. The van der Waals surface area contributed by atoms with Gasteiger partial charge in [-0.15, -0.1) is 0 Å². The van der Waals surface area contributed by atoms with Crippen LogP contribution in [0.3, 0.4) is 0 Å². The highest BCUT2D eigenvalue weighted by Gasteiger charge is 2.19. The van der Waals surface area contributed by atoms with Gasteiger partial charge in [-0.1, -0.05) is 18.2 Å². The lowest BCUT2D eigenvalue weighted by Crippen LogP contribution is -2.49. The molecule has 4 rings (SSSR count). The van der Waals surface area contributed by atoms with Gasteiger partial charge in [-0.05, 0) is 23.8 Å². The molecule has 3 aromatic rings. The summed E-state index contributed by atoms with van der Waals surface area (Å²) in [4.78, 5) is 13.3. The number of nitrogens with one attached hydrogen (secondary N) is 2. The molecule has 7 nitrogen and oxygen atoms in total. The molecule has 0 radical (unpaired) electrons. The van der Waals surface area contributed by atoms with Crippen molar-refractivity contribution in [1.82, 2.24) is 20.3 Å². The molecule has 138 valence electrons. The third kappa shape index (κ3) is 3.74. The standard InChI is InChI=1S/C20H22N6O/c21-20(24-27)14-25-8-10-26(11-9-25)19-5-7-23-18-12-15(3-4-17(18)19)16-2-1-6-22-13-16/h1-7,12-13,27H,8-11,14H2,(H2,21,24). The summed E-state index contributed by atoms with van der Waals surface area (Å²) in [5.74, 6) is 0.126. The lowest BCUT2D eigenvalue weighted by atomic mass is 10.0. The molecule has 1 aliphatic heterocycles.